The topological polar surface area (TPSA) is 66.4 Å². The molecule has 0 aromatic heterocycles. The third-order valence-electron chi connectivity index (χ3n) is 2.09. The molecule has 0 aliphatic carbocycles. The van der Waals surface area contributed by atoms with Crippen molar-refractivity contribution in [2.24, 2.45) is 0 Å². The molecule has 19 heavy (non-hydrogen) atoms. The summed E-state index contributed by atoms with van der Waals surface area (Å²) < 4.78 is 60.6. The smallest absolute Gasteiger partial charge is 0.480 e. The number of aliphatic carboxylic acids is 1. The summed E-state index contributed by atoms with van der Waals surface area (Å²) >= 11 is 0. The van der Waals surface area contributed by atoms with Gasteiger partial charge in [-0.3, -0.25) is 4.79 Å². The van der Waals surface area contributed by atoms with Crippen molar-refractivity contribution < 1.29 is 66.2 Å². The molecule has 0 aromatic carbocycles. The van der Waals surface area contributed by atoms with Crippen molar-refractivity contribution in [2.45, 2.75) is 44.3 Å². The Morgan fingerprint density at radius 3 is 2.00 bits per heavy atom. The standard InChI is InChI=1S/C9H12F5NO3.Na/c1-2-3-4-5(6(16)17)15-7(18)8(10,11)9(12,13)14;/h5H,2-4H2,1H3,(H,15,18)(H,16,17);/q;+1. The molecular formula is C9H12F5NNaO3+. The number of carbonyl (C=O) groups excluding carboxylic acids is 1. The third kappa shape index (κ3) is 6.05. The number of carboxylic acid groups (broad SMARTS) is 1. The van der Waals surface area contributed by atoms with E-state index in [0.717, 1.165) is 0 Å². The maximum Gasteiger partial charge on any atom is 1.00 e. The Balaban J connectivity index is 0. The first-order valence-corrected chi connectivity index (χ1v) is 5.02. The van der Waals surface area contributed by atoms with E-state index in [2.05, 4.69) is 0 Å². The molecule has 1 unspecified atom stereocenters. The van der Waals surface area contributed by atoms with Gasteiger partial charge in [0.25, 0.3) is 0 Å². The van der Waals surface area contributed by atoms with Gasteiger partial charge in [-0.1, -0.05) is 19.8 Å². The number of halogens is 5. The van der Waals surface area contributed by atoms with Gasteiger partial charge in [0.2, 0.25) is 0 Å². The Morgan fingerprint density at radius 1 is 1.21 bits per heavy atom. The Labute approximate surface area is 128 Å². The van der Waals surface area contributed by atoms with Gasteiger partial charge in [-0.25, -0.2) is 4.79 Å². The maximum absolute atomic E-state index is 12.5. The molecule has 0 saturated heterocycles. The third-order valence-corrected chi connectivity index (χ3v) is 2.09. The number of carbonyl (C=O) groups is 2. The van der Waals surface area contributed by atoms with Crippen LogP contribution in [0.15, 0.2) is 0 Å². The summed E-state index contributed by atoms with van der Waals surface area (Å²) in [7, 11) is 0. The van der Waals surface area contributed by atoms with Crippen LogP contribution in [0, 0.1) is 0 Å². The molecule has 1 atom stereocenters. The SMILES string of the molecule is CCCCC(NC(=O)C(F)(F)C(F)(F)F)C(=O)O.[Na+]. The summed E-state index contributed by atoms with van der Waals surface area (Å²) in [6, 6.07) is -1.76. The van der Waals surface area contributed by atoms with Crippen molar-refractivity contribution in [3.63, 3.8) is 0 Å². The summed E-state index contributed by atoms with van der Waals surface area (Å²) in [4.78, 5) is 21.3. The molecule has 0 bridgehead atoms. The molecule has 0 saturated carbocycles. The Morgan fingerprint density at radius 2 is 1.68 bits per heavy atom. The van der Waals surface area contributed by atoms with Crippen molar-refractivity contribution in [3.05, 3.63) is 0 Å². The molecular weight excluding hydrogens is 288 g/mol. The van der Waals surface area contributed by atoms with Crippen LogP contribution in [-0.4, -0.2) is 35.1 Å². The average molecular weight is 300 g/mol. The molecule has 0 aliphatic rings. The zero-order valence-corrected chi connectivity index (χ0v) is 12.4. The second-order valence-corrected chi connectivity index (χ2v) is 3.58. The molecule has 0 rings (SSSR count). The molecule has 106 valence electrons. The fraction of sp³-hybridized carbons (Fsp3) is 0.778. The first kappa shape index (κ1) is 20.9. The monoisotopic (exact) mass is 300 g/mol. The van der Waals surface area contributed by atoms with Crippen molar-refractivity contribution in [3.8, 4) is 0 Å². The van der Waals surface area contributed by atoms with Crippen molar-refractivity contribution in [2.75, 3.05) is 0 Å². The zero-order valence-electron chi connectivity index (χ0n) is 10.4. The zero-order chi connectivity index (χ0) is 14.6. The minimum atomic E-state index is -6.05. The van der Waals surface area contributed by atoms with E-state index in [0.29, 0.717) is 6.42 Å². The van der Waals surface area contributed by atoms with Gasteiger partial charge in [0.1, 0.15) is 6.04 Å². The van der Waals surface area contributed by atoms with Gasteiger partial charge in [0.15, 0.2) is 0 Å². The van der Waals surface area contributed by atoms with E-state index in [1.54, 1.807) is 6.92 Å². The van der Waals surface area contributed by atoms with Gasteiger partial charge in [-0.15, -0.1) is 0 Å². The molecule has 1 amide bonds. The number of amides is 1. The van der Waals surface area contributed by atoms with E-state index in [4.69, 9.17) is 5.11 Å². The van der Waals surface area contributed by atoms with Crippen LogP contribution < -0.4 is 34.9 Å². The Hall–Kier alpha value is -0.410. The second kappa shape index (κ2) is 8.01. The van der Waals surface area contributed by atoms with Gasteiger partial charge < -0.3 is 10.4 Å². The summed E-state index contributed by atoms with van der Waals surface area (Å²) in [6.07, 6.45) is -5.49. The first-order valence-electron chi connectivity index (χ1n) is 5.02. The fourth-order valence-corrected chi connectivity index (χ4v) is 1.04. The van der Waals surface area contributed by atoms with Gasteiger partial charge in [0, 0.05) is 0 Å². The van der Waals surface area contributed by atoms with Crippen LogP contribution >= 0.6 is 0 Å². The van der Waals surface area contributed by atoms with Crippen LogP contribution in [0.4, 0.5) is 22.0 Å². The quantitative estimate of drug-likeness (QED) is 0.486. The minimum Gasteiger partial charge on any atom is -0.480 e. The summed E-state index contributed by atoms with van der Waals surface area (Å²) in [5, 5.41) is 9.77. The largest absolute Gasteiger partial charge is 1.00 e. The van der Waals surface area contributed by atoms with E-state index in [1.807, 2.05) is 0 Å². The van der Waals surface area contributed by atoms with Crippen LogP contribution in [0.25, 0.3) is 0 Å². The van der Waals surface area contributed by atoms with E-state index in [1.165, 1.54) is 5.32 Å². The number of hydrogen-bond donors (Lipinski definition) is 2. The molecule has 0 spiro atoms. The van der Waals surface area contributed by atoms with E-state index in [-0.39, 0.29) is 42.4 Å². The van der Waals surface area contributed by atoms with Gasteiger partial charge in [-0.2, -0.15) is 22.0 Å². The van der Waals surface area contributed by atoms with Gasteiger partial charge in [-0.05, 0) is 6.42 Å². The van der Waals surface area contributed by atoms with E-state index in [9.17, 15) is 31.5 Å². The van der Waals surface area contributed by atoms with Crippen molar-refractivity contribution >= 4 is 11.9 Å². The summed E-state index contributed by atoms with van der Waals surface area (Å²) in [5.74, 6) is -9.92. The maximum atomic E-state index is 12.5. The van der Waals surface area contributed by atoms with Crippen LogP contribution in [0.2, 0.25) is 0 Å². The van der Waals surface area contributed by atoms with Gasteiger partial charge in [0.05, 0.1) is 0 Å². The summed E-state index contributed by atoms with van der Waals surface area (Å²) in [6.45, 7) is 1.67. The molecule has 0 heterocycles. The van der Waals surface area contributed by atoms with Crippen molar-refractivity contribution in [1.82, 2.24) is 5.32 Å². The predicted molar refractivity (Wildman–Crippen MR) is 50.1 cm³/mol. The van der Waals surface area contributed by atoms with E-state index >= 15 is 0 Å². The predicted octanol–water partition coefficient (Wildman–Crippen LogP) is -1.05. The Kier molecular flexibility index (Phi) is 8.81. The molecule has 4 nitrogen and oxygen atoms in total. The summed E-state index contributed by atoms with van der Waals surface area (Å²) in [5.41, 5.74) is 0. The molecule has 0 aliphatic heterocycles. The van der Waals surface area contributed by atoms with Crippen LogP contribution in [0.3, 0.4) is 0 Å². The molecule has 0 radical (unpaired) electrons. The van der Waals surface area contributed by atoms with Crippen LogP contribution in [0.5, 0.6) is 0 Å². The number of rotatable bonds is 6. The molecule has 10 heteroatoms. The normalized spacial score (nSPS) is 13.4. The molecule has 0 fully saturated rings. The number of hydrogen-bond acceptors (Lipinski definition) is 2. The number of alkyl halides is 5. The second-order valence-electron chi connectivity index (χ2n) is 3.58. The fourth-order valence-electron chi connectivity index (χ4n) is 1.04. The number of carboxylic acids is 1. The molecule has 0 aromatic rings. The van der Waals surface area contributed by atoms with E-state index < -0.39 is 30.0 Å². The minimum absolute atomic E-state index is 0. The number of nitrogens with one attached hydrogen (secondary N) is 1. The molecule has 2 N–H and O–H groups in total. The van der Waals surface area contributed by atoms with Crippen LogP contribution in [0.1, 0.15) is 26.2 Å². The Bertz CT molecular complexity index is 321. The van der Waals surface area contributed by atoms with Crippen molar-refractivity contribution in [1.29, 1.82) is 0 Å². The number of unbranched alkanes of at least 4 members (excludes halogenated alkanes) is 1. The van der Waals surface area contributed by atoms with Gasteiger partial charge >= 0.3 is 53.5 Å². The first-order chi connectivity index (χ1) is 8.04. The van der Waals surface area contributed by atoms with Crippen LogP contribution in [-0.2, 0) is 9.59 Å². The average Bonchev–Trinajstić information content (AvgIpc) is 2.21.